The standard InChI is InChI=1S/C24H26F3N5O/c25-24(26,27)19-6-18(14-2-1-3-28-10-14)30-20-17(11-29-32(19)20)21(33)31-22-7-13-4-15-5-16(9-22)23(15,8-13)12-22/h1-3,10-11,13,15-16,18-19,30H,4-9,12H2,(H,31,33). The van der Waals surface area contributed by atoms with Gasteiger partial charge >= 0.3 is 6.18 Å². The Kier molecular flexibility index (Phi) is 3.79. The number of fused-ring (bicyclic) bond motifs is 3. The van der Waals surface area contributed by atoms with E-state index in [1.807, 2.05) is 0 Å². The zero-order valence-electron chi connectivity index (χ0n) is 18.1. The van der Waals surface area contributed by atoms with Crippen molar-refractivity contribution in [3.05, 3.63) is 41.9 Å². The number of carbonyl (C=O) groups excluding carboxylic acids is 1. The van der Waals surface area contributed by atoms with Crippen molar-refractivity contribution in [1.82, 2.24) is 20.1 Å². The first-order chi connectivity index (χ1) is 15.8. The third-order valence-corrected chi connectivity index (χ3v) is 9.41. The molecular weight excluding hydrogens is 431 g/mol. The Balaban J connectivity index is 1.21. The van der Waals surface area contributed by atoms with E-state index in [1.54, 1.807) is 24.5 Å². The van der Waals surface area contributed by atoms with Crippen molar-refractivity contribution in [2.45, 2.75) is 68.7 Å². The number of amides is 1. The minimum Gasteiger partial charge on any atom is -0.363 e. The Morgan fingerprint density at radius 1 is 1.15 bits per heavy atom. The van der Waals surface area contributed by atoms with Crippen LogP contribution < -0.4 is 10.6 Å². The molecule has 5 aliphatic rings. The number of anilines is 1. The van der Waals surface area contributed by atoms with Crippen LogP contribution in [0.2, 0.25) is 0 Å². The van der Waals surface area contributed by atoms with E-state index < -0.39 is 18.3 Å². The first kappa shape index (κ1) is 19.9. The summed E-state index contributed by atoms with van der Waals surface area (Å²) in [6, 6.07) is 1.06. The molecule has 2 aromatic rings. The average Bonchev–Trinajstić information content (AvgIpc) is 3.34. The lowest BCUT2D eigenvalue weighted by Gasteiger charge is -2.49. The second-order valence-corrected chi connectivity index (χ2v) is 11.1. The molecule has 4 saturated carbocycles. The second kappa shape index (κ2) is 6.30. The maximum atomic E-state index is 13.9. The van der Waals surface area contributed by atoms with Crippen LogP contribution in [0.15, 0.2) is 30.7 Å². The third-order valence-electron chi connectivity index (χ3n) is 9.41. The molecule has 7 rings (SSSR count). The van der Waals surface area contributed by atoms with Crippen LogP contribution in [-0.2, 0) is 0 Å². The van der Waals surface area contributed by atoms with Gasteiger partial charge in [-0.05, 0) is 73.3 Å². The minimum atomic E-state index is -4.48. The molecule has 1 spiro atoms. The summed E-state index contributed by atoms with van der Waals surface area (Å²) >= 11 is 0. The van der Waals surface area contributed by atoms with E-state index in [-0.39, 0.29) is 29.2 Å². The molecule has 174 valence electrons. The number of nitrogens with one attached hydrogen (secondary N) is 2. The largest absolute Gasteiger partial charge is 0.410 e. The number of rotatable bonds is 3. The highest BCUT2D eigenvalue weighted by molar-refractivity contribution is 5.99. The van der Waals surface area contributed by atoms with Crippen LogP contribution in [-0.4, -0.2) is 32.4 Å². The van der Waals surface area contributed by atoms with Gasteiger partial charge in [-0.15, -0.1) is 0 Å². The highest BCUT2D eigenvalue weighted by Gasteiger charge is 2.71. The predicted octanol–water partition coefficient (Wildman–Crippen LogP) is 4.64. The quantitative estimate of drug-likeness (QED) is 0.705. The molecule has 3 bridgehead atoms. The highest BCUT2D eigenvalue weighted by Crippen LogP contribution is 2.76. The third kappa shape index (κ3) is 2.71. The number of halogens is 3. The Hall–Kier alpha value is -2.58. The number of hydrogen-bond donors (Lipinski definition) is 2. The summed E-state index contributed by atoms with van der Waals surface area (Å²) in [5, 5.41) is 10.5. The van der Waals surface area contributed by atoms with Crippen molar-refractivity contribution < 1.29 is 18.0 Å². The van der Waals surface area contributed by atoms with Gasteiger partial charge in [-0.2, -0.15) is 18.3 Å². The molecule has 6 nitrogen and oxygen atoms in total. The summed E-state index contributed by atoms with van der Waals surface area (Å²) in [6.45, 7) is 0. The van der Waals surface area contributed by atoms with Gasteiger partial charge in [0.1, 0.15) is 11.4 Å². The summed E-state index contributed by atoms with van der Waals surface area (Å²) in [5.41, 5.74) is 1.05. The van der Waals surface area contributed by atoms with Gasteiger partial charge in [0.15, 0.2) is 6.04 Å². The number of hydrogen-bond acceptors (Lipinski definition) is 4. The van der Waals surface area contributed by atoms with E-state index in [9.17, 15) is 18.0 Å². The molecule has 2 aromatic heterocycles. The van der Waals surface area contributed by atoms with Crippen LogP contribution in [0, 0.1) is 23.2 Å². The molecule has 2 N–H and O–H groups in total. The van der Waals surface area contributed by atoms with Crippen LogP contribution >= 0.6 is 0 Å². The SMILES string of the molecule is O=C(NC12CC3CC4CC(C1)C4(C3)C2)c1cnn2c1NC(c1cccnc1)CC2C(F)(F)F. The number of alkyl halides is 3. The summed E-state index contributed by atoms with van der Waals surface area (Å²) in [7, 11) is 0. The number of aromatic nitrogens is 3. The molecule has 7 atom stereocenters. The van der Waals surface area contributed by atoms with Crippen molar-refractivity contribution in [1.29, 1.82) is 0 Å². The van der Waals surface area contributed by atoms with Gasteiger partial charge in [0.25, 0.3) is 5.91 Å². The average molecular weight is 458 g/mol. The fourth-order valence-electron chi connectivity index (χ4n) is 8.34. The molecule has 0 saturated heterocycles. The Morgan fingerprint density at radius 3 is 2.82 bits per heavy atom. The molecule has 3 heterocycles. The molecule has 4 aliphatic carbocycles. The van der Waals surface area contributed by atoms with E-state index in [0.29, 0.717) is 22.8 Å². The van der Waals surface area contributed by atoms with Crippen molar-refractivity contribution in [2.75, 3.05) is 5.32 Å². The normalized spacial score (nSPS) is 40.0. The minimum absolute atomic E-state index is 0.141. The van der Waals surface area contributed by atoms with Gasteiger partial charge in [0.05, 0.1) is 12.2 Å². The summed E-state index contributed by atoms with van der Waals surface area (Å²) in [4.78, 5) is 17.5. The maximum absolute atomic E-state index is 13.9. The van der Waals surface area contributed by atoms with Crippen molar-refractivity contribution >= 4 is 11.7 Å². The molecule has 7 unspecified atom stereocenters. The molecule has 0 aromatic carbocycles. The molecule has 0 radical (unpaired) electrons. The smallest absolute Gasteiger partial charge is 0.363 e. The van der Waals surface area contributed by atoms with Crippen LogP contribution in [0.4, 0.5) is 19.0 Å². The zero-order valence-corrected chi connectivity index (χ0v) is 18.1. The fraction of sp³-hybridized carbons (Fsp3) is 0.625. The highest BCUT2D eigenvalue weighted by atomic mass is 19.4. The monoisotopic (exact) mass is 457 g/mol. The summed E-state index contributed by atoms with van der Waals surface area (Å²) < 4.78 is 42.8. The summed E-state index contributed by atoms with van der Waals surface area (Å²) in [6.07, 6.45) is 6.64. The van der Waals surface area contributed by atoms with Gasteiger partial charge in [0, 0.05) is 24.4 Å². The number of carbonyl (C=O) groups is 1. The Bertz CT molecular complexity index is 1130. The molecule has 4 fully saturated rings. The first-order valence-electron chi connectivity index (χ1n) is 11.9. The molecule has 1 amide bonds. The lowest BCUT2D eigenvalue weighted by molar-refractivity contribution is -0.173. The van der Waals surface area contributed by atoms with Crippen molar-refractivity contribution in [3.8, 4) is 0 Å². The van der Waals surface area contributed by atoms with Crippen LogP contribution in [0.1, 0.15) is 73.0 Å². The molecule has 1 aliphatic heterocycles. The van der Waals surface area contributed by atoms with Gasteiger partial charge < -0.3 is 10.6 Å². The van der Waals surface area contributed by atoms with Crippen LogP contribution in [0.25, 0.3) is 0 Å². The van der Waals surface area contributed by atoms with Gasteiger partial charge in [-0.3, -0.25) is 9.78 Å². The topological polar surface area (TPSA) is 71.8 Å². The van der Waals surface area contributed by atoms with Gasteiger partial charge in [-0.25, -0.2) is 4.68 Å². The second-order valence-electron chi connectivity index (χ2n) is 11.1. The molecule has 33 heavy (non-hydrogen) atoms. The van der Waals surface area contributed by atoms with E-state index >= 15 is 0 Å². The van der Waals surface area contributed by atoms with Crippen LogP contribution in [0.3, 0.4) is 0 Å². The lowest BCUT2D eigenvalue weighted by Crippen LogP contribution is -2.50. The first-order valence-corrected chi connectivity index (χ1v) is 11.9. The zero-order chi connectivity index (χ0) is 22.6. The summed E-state index contributed by atoms with van der Waals surface area (Å²) in [5.74, 6) is 2.00. The van der Waals surface area contributed by atoms with E-state index in [1.165, 1.54) is 25.5 Å². The lowest BCUT2D eigenvalue weighted by atomic mass is 9.56. The van der Waals surface area contributed by atoms with E-state index in [2.05, 4.69) is 20.7 Å². The molecule has 9 heteroatoms. The van der Waals surface area contributed by atoms with Crippen LogP contribution in [0.5, 0.6) is 0 Å². The predicted molar refractivity (Wildman–Crippen MR) is 113 cm³/mol. The van der Waals surface area contributed by atoms with Gasteiger partial charge in [0.2, 0.25) is 0 Å². The number of nitrogens with zero attached hydrogens (tertiary/aromatic N) is 3. The van der Waals surface area contributed by atoms with E-state index in [0.717, 1.165) is 29.9 Å². The van der Waals surface area contributed by atoms with Gasteiger partial charge in [-0.1, -0.05) is 6.07 Å². The maximum Gasteiger partial charge on any atom is 0.410 e. The fourth-order valence-corrected chi connectivity index (χ4v) is 8.34. The Morgan fingerprint density at radius 2 is 2.03 bits per heavy atom. The van der Waals surface area contributed by atoms with E-state index in [4.69, 9.17) is 0 Å². The number of pyridine rings is 1. The Labute approximate surface area is 189 Å². The molecular formula is C24H26F3N5O. The van der Waals surface area contributed by atoms with Crippen molar-refractivity contribution in [3.63, 3.8) is 0 Å². The van der Waals surface area contributed by atoms with Crippen molar-refractivity contribution in [2.24, 2.45) is 23.2 Å².